The van der Waals surface area contributed by atoms with Gasteiger partial charge < -0.3 is 4.74 Å². The van der Waals surface area contributed by atoms with Gasteiger partial charge in [-0.2, -0.15) is 4.39 Å². The molecule has 3 aromatic carbocycles. The van der Waals surface area contributed by atoms with E-state index in [2.05, 4.69) is 31.2 Å². The first kappa shape index (κ1) is 24.1. The molecule has 0 bridgehead atoms. The Morgan fingerprint density at radius 3 is 2.18 bits per heavy atom. The fourth-order valence-corrected chi connectivity index (χ4v) is 4.58. The van der Waals surface area contributed by atoms with Crippen LogP contribution in [0.4, 0.5) is 13.2 Å². The first-order valence-corrected chi connectivity index (χ1v) is 11.9. The van der Waals surface area contributed by atoms with Gasteiger partial charge in [0.25, 0.3) is 0 Å². The molecule has 1 fully saturated rings. The third-order valence-electron chi connectivity index (χ3n) is 6.87. The average Bonchev–Trinajstić information content (AvgIpc) is 2.84. The van der Waals surface area contributed by atoms with Crippen LogP contribution in [0.15, 0.2) is 54.6 Å². The standard InChI is InChI=1S/C29H29F3O2/c1-18-3-11-22(12-4-18)23-13-8-20(9-14-23)6-7-21-10-15-24(25(30)17-21)29(33)34-26-16-5-19(2)27(31)28(26)32/h5,8-10,13-18,22H,3-4,6-7,11-12H2,1-2H3. The highest BCUT2D eigenvalue weighted by atomic mass is 19.2. The van der Waals surface area contributed by atoms with Gasteiger partial charge in [-0.05, 0) is 84.9 Å². The van der Waals surface area contributed by atoms with Gasteiger partial charge >= 0.3 is 5.97 Å². The zero-order valence-corrected chi connectivity index (χ0v) is 19.5. The van der Waals surface area contributed by atoms with Gasteiger partial charge in [0.05, 0.1) is 5.56 Å². The second-order valence-corrected chi connectivity index (χ2v) is 9.41. The van der Waals surface area contributed by atoms with Crippen LogP contribution in [0.3, 0.4) is 0 Å². The van der Waals surface area contributed by atoms with Gasteiger partial charge in [-0.1, -0.05) is 56.2 Å². The molecule has 0 atom stereocenters. The Morgan fingerprint density at radius 2 is 1.50 bits per heavy atom. The van der Waals surface area contributed by atoms with Crippen LogP contribution in [0.1, 0.15) is 71.1 Å². The molecule has 178 valence electrons. The van der Waals surface area contributed by atoms with Crippen molar-refractivity contribution in [2.24, 2.45) is 5.92 Å². The molecule has 0 unspecified atom stereocenters. The smallest absolute Gasteiger partial charge is 0.346 e. The summed E-state index contributed by atoms with van der Waals surface area (Å²) in [7, 11) is 0. The third-order valence-corrected chi connectivity index (χ3v) is 6.87. The Labute approximate surface area is 198 Å². The van der Waals surface area contributed by atoms with Gasteiger partial charge in [0, 0.05) is 0 Å². The van der Waals surface area contributed by atoms with Crippen LogP contribution in [0.5, 0.6) is 5.75 Å². The SMILES string of the molecule is Cc1ccc(OC(=O)c2ccc(CCc3ccc(C4CCC(C)CC4)cc3)cc2F)c(F)c1F. The minimum atomic E-state index is -1.27. The maximum Gasteiger partial charge on any atom is 0.346 e. The van der Waals surface area contributed by atoms with Crippen LogP contribution in [-0.2, 0) is 12.8 Å². The van der Waals surface area contributed by atoms with Gasteiger partial charge in [-0.3, -0.25) is 0 Å². The maximum atomic E-state index is 14.6. The fraction of sp³-hybridized carbons (Fsp3) is 0.345. The predicted molar refractivity (Wildman–Crippen MR) is 127 cm³/mol. The van der Waals surface area contributed by atoms with Crippen LogP contribution in [0.25, 0.3) is 0 Å². The Kier molecular flexibility index (Phi) is 7.40. The lowest BCUT2D eigenvalue weighted by atomic mass is 9.79. The van der Waals surface area contributed by atoms with E-state index in [-0.39, 0.29) is 11.1 Å². The van der Waals surface area contributed by atoms with Crippen molar-refractivity contribution in [1.82, 2.24) is 0 Å². The van der Waals surface area contributed by atoms with E-state index in [4.69, 9.17) is 4.74 Å². The summed E-state index contributed by atoms with van der Waals surface area (Å²) in [6.45, 7) is 3.72. The molecular formula is C29H29F3O2. The van der Waals surface area contributed by atoms with Crippen molar-refractivity contribution in [3.63, 3.8) is 0 Å². The highest BCUT2D eigenvalue weighted by Crippen LogP contribution is 2.35. The third kappa shape index (κ3) is 5.52. The normalized spacial score (nSPS) is 18.0. The van der Waals surface area contributed by atoms with E-state index in [0.29, 0.717) is 12.3 Å². The molecule has 34 heavy (non-hydrogen) atoms. The minimum absolute atomic E-state index is 0.0890. The minimum Gasteiger partial charge on any atom is -0.420 e. The molecule has 1 saturated carbocycles. The topological polar surface area (TPSA) is 26.3 Å². The Balaban J connectivity index is 1.36. The zero-order valence-electron chi connectivity index (χ0n) is 19.5. The molecule has 3 aromatic rings. The number of aryl methyl sites for hydroxylation is 3. The molecule has 0 spiro atoms. The highest BCUT2D eigenvalue weighted by Gasteiger charge is 2.20. The average molecular weight is 467 g/mol. The van der Waals surface area contributed by atoms with Crippen molar-refractivity contribution >= 4 is 5.97 Å². The monoisotopic (exact) mass is 466 g/mol. The van der Waals surface area contributed by atoms with Gasteiger partial charge in [-0.25, -0.2) is 13.6 Å². The Hall–Kier alpha value is -3.08. The lowest BCUT2D eigenvalue weighted by molar-refractivity contribution is 0.0721. The van der Waals surface area contributed by atoms with Crippen molar-refractivity contribution in [1.29, 1.82) is 0 Å². The molecule has 2 nitrogen and oxygen atoms in total. The van der Waals surface area contributed by atoms with Crippen molar-refractivity contribution in [3.8, 4) is 5.75 Å². The molecule has 0 aliphatic heterocycles. The fourth-order valence-electron chi connectivity index (χ4n) is 4.58. The molecule has 0 aromatic heterocycles. The summed E-state index contributed by atoms with van der Waals surface area (Å²) in [6, 6.07) is 15.4. The van der Waals surface area contributed by atoms with Crippen LogP contribution < -0.4 is 4.74 Å². The van der Waals surface area contributed by atoms with Crippen molar-refractivity contribution in [3.05, 3.63) is 99.9 Å². The molecule has 4 rings (SSSR count). The molecule has 5 heteroatoms. The molecule has 1 aliphatic rings. The molecule has 0 N–H and O–H groups in total. The number of hydrogen-bond donors (Lipinski definition) is 0. The van der Waals surface area contributed by atoms with E-state index >= 15 is 0 Å². The molecular weight excluding hydrogens is 437 g/mol. The summed E-state index contributed by atoms with van der Waals surface area (Å²) in [5.74, 6) is -3.27. The molecule has 0 amide bonds. The summed E-state index contributed by atoms with van der Waals surface area (Å²) in [6.07, 6.45) is 6.44. The van der Waals surface area contributed by atoms with E-state index in [1.807, 2.05) is 0 Å². The lowest BCUT2D eigenvalue weighted by Gasteiger charge is -2.26. The van der Waals surface area contributed by atoms with E-state index in [0.717, 1.165) is 24.0 Å². The van der Waals surface area contributed by atoms with Gasteiger partial charge in [0.15, 0.2) is 11.6 Å². The maximum absolute atomic E-state index is 14.6. The van der Waals surface area contributed by atoms with E-state index in [1.165, 1.54) is 61.9 Å². The molecule has 0 heterocycles. The number of benzene rings is 3. The Morgan fingerprint density at radius 1 is 0.853 bits per heavy atom. The first-order valence-electron chi connectivity index (χ1n) is 11.9. The lowest BCUT2D eigenvalue weighted by Crippen LogP contribution is -2.12. The Bertz CT molecular complexity index is 1160. The largest absolute Gasteiger partial charge is 0.420 e. The van der Waals surface area contributed by atoms with Gasteiger partial charge in [0.1, 0.15) is 5.82 Å². The number of carbonyl (C=O) groups excluding carboxylic acids is 1. The number of ether oxygens (including phenoxy) is 1. The quantitative estimate of drug-likeness (QED) is 0.275. The van der Waals surface area contributed by atoms with Crippen LogP contribution in [-0.4, -0.2) is 5.97 Å². The summed E-state index contributed by atoms with van der Waals surface area (Å²) < 4.78 is 47.1. The zero-order chi connectivity index (χ0) is 24.2. The second-order valence-electron chi connectivity index (χ2n) is 9.41. The van der Waals surface area contributed by atoms with Crippen LogP contribution in [0.2, 0.25) is 0 Å². The predicted octanol–water partition coefficient (Wildman–Crippen LogP) is 7.71. The van der Waals surface area contributed by atoms with E-state index in [1.54, 1.807) is 6.07 Å². The van der Waals surface area contributed by atoms with E-state index < -0.39 is 29.2 Å². The summed E-state index contributed by atoms with van der Waals surface area (Å²) >= 11 is 0. The van der Waals surface area contributed by atoms with Crippen molar-refractivity contribution in [2.45, 2.75) is 58.3 Å². The number of rotatable bonds is 6. The molecule has 0 saturated heterocycles. The van der Waals surface area contributed by atoms with Gasteiger partial charge in [-0.15, -0.1) is 0 Å². The van der Waals surface area contributed by atoms with Crippen molar-refractivity contribution in [2.75, 3.05) is 0 Å². The second kappa shape index (κ2) is 10.5. The number of esters is 1. The number of hydrogen-bond acceptors (Lipinski definition) is 2. The number of halogens is 3. The highest BCUT2D eigenvalue weighted by molar-refractivity contribution is 5.91. The van der Waals surface area contributed by atoms with Gasteiger partial charge in [0.2, 0.25) is 5.82 Å². The van der Waals surface area contributed by atoms with E-state index in [9.17, 15) is 18.0 Å². The summed E-state index contributed by atoms with van der Waals surface area (Å²) in [5, 5.41) is 0. The first-order chi connectivity index (χ1) is 16.3. The van der Waals surface area contributed by atoms with Crippen molar-refractivity contribution < 1.29 is 22.7 Å². The molecule has 1 aliphatic carbocycles. The summed E-state index contributed by atoms with van der Waals surface area (Å²) in [5.41, 5.74) is 3.08. The van der Waals surface area contributed by atoms with Crippen LogP contribution in [0, 0.1) is 30.3 Å². The molecule has 0 radical (unpaired) electrons. The van der Waals surface area contributed by atoms with Crippen LogP contribution >= 0.6 is 0 Å². The summed E-state index contributed by atoms with van der Waals surface area (Å²) in [4.78, 5) is 12.3. The number of carbonyl (C=O) groups is 1.